The zero-order chi connectivity index (χ0) is 17.2. The number of carbonyl (C=O) groups excluding carboxylic acids is 1. The number of benzene rings is 2. The van der Waals surface area contributed by atoms with E-state index in [1.54, 1.807) is 0 Å². The first-order valence-electron chi connectivity index (χ1n) is 6.22. The van der Waals surface area contributed by atoms with Gasteiger partial charge in [-0.15, -0.1) is 0 Å². The van der Waals surface area contributed by atoms with Crippen LogP contribution in [0.1, 0.15) is 15.9 Å². The van der Waals surface area contributed by atoms with Crippen LogP contribution in [-0.2, 0) is 0 Å². The van der Waals surface area contributed by atoms with Gasteiger partial charge in [0, 0.05) is 15.6 Å². The Morgan fingerprint density at radius 2 is 1.43 bits per heavy atom. The summed E-state index contributed by atoms with van der Waals surface area (Å²) in [5.74, 6) is -1.50. The number of alkyl halides is 3. The number of allylic oxidation sites excluding steroid dienone is 2. The van der Waals surface area contributed by atoms with Gasteiger partial charge in [0.1, 0.15) is 5.82 Å². The van der Waals surface area contributed by atoms with Crippen molar-refractivity contribution in [2.45, 2.75) is 6.18 Å². The van der Waals surface area contributed by atoms with Gasteiger partial charge in [-0.05, 0) is 54.1 Å². The molecule has 0 radical (unpaired) electrons. The van der Waals surface area contributed by atoms with Crippen LogP contribution in [0.15, 0.2) is 48.5 Å². The summed E-state index contributed by atoms with van der Waals surface area (Å²) < 4.78 is 52.5. The van der Waals surface area contributed by atoms with Gasteiger partial charge >= 0.3 is 6.18 Å². The van der Waals surface area contributed by atoms with Gasteiger partial charge in [-0.1, -0.05) is 23.2 Å². The normalized spacial score (nSPS) is 12.3. The molecule has 120 valence electrons. The van der Waals surface area contributed by atoms with Gasteiger partial charge in [-0.25, -0.2) is 4.39 Å². The Bertz CT molecular complexity index is 744. The van der Waals surface area contributed by atoms with E-state index in [9.17, 15) is 22.4 Å². The van der Waals surface area contributed by atoms with E-state index in [4.69, 9.17) is 23.2 Å². The van der Waals surface area contributed by atoms with Crippen LogP contribution in [0.25, 0.3) is 5.57 Å². The molecule has 0 fully saturated rings. The summed E-state index contributed by atoms with van der Waals surface area (Å²) in [5.41, 5.74) is -1.58. The van der Waals surface area contributed by atoms with Crippen LogP contribution in [0.5, 0.6) is 0 Å². The highest BCUT2D eigenvalue weighted by atomic mass is 35.5. The van der Waals surface area contributed by atoms with Crippen LogP contribution in [-0.4, -0.2) is 12.0 Å². The summed E-state index contributed by atoms with van der Waals surface area (Å²) in [7, 11) is 0. The van der Waals surface area contributed by atoms with E-state index in [0.717, 1.165) is 36.4 Å². The van der Waals surface area contributed by atoms with Crippen LogP contribution in [0.4, 0.5) is 17.6 Å². The van der Waals surface area contributed by atoms with Gasteiger partial charge in [-0.3, -0.25) is 4.79 Å². The average molecular weight is 363 g/mol. The lowest BCUT2D eigenvalue weighted by Gasteiger charge is -2.13. The van der Waals surface area contributed by atoms with E-state index in [1.807, 2.05) is 0 Å². The van der Waals surface area contributed by atoms with Crippen LogP contribution >= 0.6 is 23.2 Å². The van der Waals surface area contributed by atoms with Gasteiger partial charge in [0.15, 0.2) is 5.78 Å². The third kappa shape index (κ3) is 4.56. The molecule has 2 aromatic rings. The molecule has 0 atom stereocenters. The molecule has 0 heterocycles. The molecule has 0 bridgehead atoms. The van der Waals surface area contributed by atoms with Gasteiger partial charge in [0.2, 0.25) is 0 Å². The number of ketones is 1. The molecule has 0 aliphatic heterocycles. The van der Waals surface area contributed by atoms with Crippen LogP contribution in [0, 0.1) is 5.82 Å². The highest BCUT2D eigenvalue weighted by Gasteiger charge is 2.35. The Balaban J connectivity index is 2.50. The second kappa shape index (κ2) is 6.72. The van der Waals surface area contributed by atoms with Crippen LogP contribution in [0.3, 0.4) is 0 Å². The van der Waals surface area contributed by atoms with Crippen molar-refractivity contribution in [2.24, 2.45) is 0 Å². The van der Waals surface area contributed by atoms with Gasteiger partial charge in [0.05, 0.1) is 5.57 Å². The topological polar surface area (TPSA) is 17.1 Å². The lowest BCUT2D eigenvalue weighted by atomic mass is 10.0. The molecule has 0 aliphatic rings. The molecule has 0 aromatic heterocycles. The van der Waals surface area contributed by atoms with Crippen LogP contribution < -0.4 is 0 Å². The fourth-order valence-corrected chi connectivity index (χ4v) is 2.39. The standard InChI is InChI=1S/C16H8Cl2F4O/c17-11-5-10(6-12(18)7-11)14(16(20,21)22)8-15(23)9-1-3-13(19)4-2-9/h1-8H. The van der Waals surface area contributed by atoms with E-state index in [2.05, 4.69) is 0 Å². The summed E-state index contributed by atoms with van der Waals surface area (Å²) >= 11 is 11.4. The first-order chi connectivity index (χ1) is 10.7. The SMILES string of the molecule is O=C(C=C(c1cc(Cl)cc(Cl)c1)C(F)(F)F)c1ccc(F)cc1. The highest BCUT2D eigenvalue weighted by molar-refractivity contribution is 6.35. The van der Waals surface area contributed by atoms with Crippen molar-refractivity contribution in [3.8, 4) is 0 Å². The minimum atomic E-state index is -4.79. The molecular formula is C16H8Cl2F4O. The first-order valence-corrected chi connectivity index (χ1v) is 6.97. The van der Waals surface area contributed by atoms with E-state index >= 15 is 0 Å². The third-order valence-electron chi connectivity index (χ3n) is 2.88. The van der Waals surface area contributed by atoms with E-state index in [1.165, 1.54) is 6.07 Å². The van der Waals surface area contributed by atoms with Crippen molar-refractivity contribution in [1.82, 2.24) is 0 Å². The van der Waals surface area contributed by atoms with Crippen molar-refractivity contribution in [3.05, 3.63) is 75.5 Å². The van der Waals surface area contributed by atoms with Gasteiger partial charge < -0.3 is 0 Å². The summed E-state index contributed by atoms with van der Waals surface area (Å²) in [6, 6.07) is 7.59. The largest absolute Gasteiger partial charge is 0.417 e. The fraction of sp³-hybridized carbons (Fsp3) is 0.0625. The molecule has 0 amide bonds. The minimum Gasteiger partial charge on any atom is -0.289 e. The summed E-state index contributed by atoms with van der Waals surface area (Å²) in [6.07, 6.45) is -4.35. The van der Waals surface area contributed by atoms with Gasteiger partial charge in [0.25, 0.3) is 0 Å². The molecule has 0 spiro atoms. The Morgan fingerprint density at radius 1 is 0.913 bits per heavy atom. The molecular weight excluding hydrogens is 355 g/mol. The third-order valence-corrected chi connectivity index (χ3v) is 3.32. The zero-order valence-corrected chi connectivity index (χ0v) is 12.8. The van der Waals surface area contributed by atoms with Crippen molar-refractivity contribution < 1.29 is 22.4 Å². The minimum absolute atomic E-state index is 0.0110. The molecule has 0 saturated carbocycles. The molecule has 7 heteroatoms. The Labute approximate surface area is 139 Å². The van der Waals surface area contributed by atoms with Crippen LogP contribution in [0.2, 0.25) is 10.0 Å². The molecule has 0 N–H and O–H groups in total. The van der Waals surface area contributed by atoms with Crippen molar-refractivity contribution in [2.75, 3.05) is 0 Å². The molecule has 0 unspecified atom stereocenters. The lowest BCUT2D eigenvalue weighted by molar-refractivity contribution is -0.0689. The fourth-order valence-electron chi connectivity index (χ4n) is 1.87. The summed E-state index contributed by atoms with van der Waals surface area (Å²) in [4.78, 5) is 12.0. The molecule has 0 saturated heterocycles. The number of hydrogen-bond donors (Lipinski definition) is 0. The summed E-state index contributed by atoms with van der Waals surface area (Å²) in [6.45, 7) is 0. The van der Waals surface area contributed by atoms with E-state index < -0.39 is 23.3 Å². The predicted molar refractivity (Wildman–Crippen MR) is 81.2 cm³/mol. The zero-order valence-electron chi connectivity index (χ0n) is 11.3. The van der Waals surface area contributed by atoms with Crippen molar-refractivity contribution in [3.63, 3.8) is 0 Å². The second-order valence-corrected chi connectivity index (χ2v) is 5.46. The second-order valence-electron chi connectivity index (χ2n) is 4.59. The maximum atomic E-state index is 13.2. The summed E-state index contributed by atoms with van der Waals surface area (Å²) in [5, 5.41) is 0.0220. The number of halogens is 6. The molecule has 0 aliphatic carbocycles. The number of carbonyl (C=O) groups is 1. The van der Waals surface area contributed by atoms with Crippen molar-refractivity contribution in [1.29, 1.82) is 0 Å². The Hall–Kier alpha value is -1.85. The maximum Gasteiger partial charge on any atom is 0.417 e. The van der Waals surface area contributed by atoms with Crippen molar-refractivity contribution >= 4 is 34.6 Å². The highest BCUT2D eigenvalue weighted by Crippen LogP contribution is 2.36. The molecule has 23 heavy (non-hydrogen) atoms. The number of rotatable bonds is 3. The van der Waals surface area contributed by atoms with E-state index in [0.29, 0.717) is 6.08 Å². The average Bonchev–Trinajstić information content (AvgIpc) is 2.42. The predicted octanol–water partition coefficient (Wildman–Crippen LogP) is 5.96. The Kier molecular flexibility index (Phi) is 5.12. The monoisotopic (exact) mass is 362 g/mol. The lowest BCUT2D eigenvalue weighted by Crippen LogP contribution is -2.13. The molecule has 1 nitrogen and oxygen atoms in total. The molecule has 2 rings (SSSR count). The number of hydrogen-bond acceptors (Lipinski definition) is 1. The maximum absolute atomic E-state index is 13.2. The first kappa shape index (κ1) is 17.5. The molecule has 2 aromatic carbocycles. The quantitative estimate of drug-likeness (QED) is 0.374. The van der Waals surface area contributed by atoms with Gasteiger partial charge in [-0.2, -0.15) is 13.2 Å². The smallest absolute Gasteiger partial charge is 0.289 e. The Morgan fingerprint density at radius 3 is 1.91 bits per heavy atom. The van der Waals surface area contributed by atoms with E-state index in [-0.39, 0.29) is 21.2 Å².